The number of aromatic nitrogens is 2. The Labute approximate surface area is 151 Å². The minimum atomic E-state index is -0.404. The van der Waals surface area contributed by atoms with Crippen molar-refractivity contribution in [2.24, 2.45) is 0 Å². The molecule has 3 rings (SSSR count). The number of carbonyl (C=O) groups is 1. The monoisotopic (exact) mass is 352 g/mol. The lowest BCUT2D eigenvalue weighted by Gasteiger charge is -2.12. The second kappa shape index (κ2) is 7.81. The van der Waals surface area contributed by atoms with Crippen LogP contribution in [0.2, 0.25) is 5.02 Å². The van der Waals surface area contributed by atoms with Crippen LogP contribution in [0.3, 0.4) is 0 Å². The maximum Gasteiger partial charge on any atom is 0.332 e. The normalized spacial score (nSPS) is 11.4. The highest BCUT2D eigenvalue weighted by Crippen LogP contribution is 2.26. The van der Waals surface area contributed by atoms with E-state index in [-0.39, 0.29) is 0 Å². The summed E-state index contributed by atoms with van der Waals surface area (Å²) in [7, 11) is 0. The highest BCUT2D eigenvalue weighted by atomic mass is 35.5. The second-order valence-corrected chi connectivity index (χ2v) is 5.72. The maximum absolute atomic E-state index is 12.1. The van der Waals surface area contributed by atoms with E-state index in [1.807, 2.05) is 60.7 Å². The Morgan fingerprint density at radius 2 is 1.84 bits per heavy atom. The molecule has 5 heteroatoms. The molecule has 1 aromatic heterocycles. The Balaban J connectivity index is 2.10. The molecule has 0 bridgehead atoms. The van der Waals surface area contributed by atoms with Crippen molar-refractivity contribution in [3.05, 3.63) is 83.5 Å². The molecule has 0 N–H and O–H groups in total. The van der Waals surface area contributed by atoms with E-state index < -0.39 is 5.97 Å². The number of rotatable bonds is 5. The minimum Gasteiger partial charge on any atom is -0.463 e. The van der Waals surface area contributed by atoms with E-state index in [1.54, 1.807) is 17.8 Å². The van der Waals surface area contributed by atoms with Gasteiger partial charge < -0.3 is 4.74 Å². The standard InChI is InChI=1S/C20H17ClN2O2/c1-2-25-20(24)14-19(15-6-4-3-5-7-15)23-18(12-13-22-23)16-8-10-17(21)11-9-16/h3-14H,2H2,1H3. The fourth-order valence-corrected chi connectivity index (χ4v) is 2.63. The first-order valence-electron chi connectivity index (χ1n) is 7.93. The van der Waals surface area contributed by atoms with Crippen molar-refractivity contribution < 1.29 is 9.53 Å². The first-order chi connectivity index (χ1) is 12.2. The predicted octanol–water partition coefficient (Wildman–Crippen LogP) is 4.66. The highest BCUT2D eigenvalue weighted by molar-refractivity contribution is 6.30. The van der Waals surface area contributed by atoms with E-state index in [9.17, 15) is 4.79 Å². The lowest BCUT2D eigenvalue weighted by Crippen LogP contribution is -2.08. The van der Waals surface area contributed by atoms with Crippen LogP contribution in [0.15, 0.2) is 72.9 Å². The average Bonchev–Trinajstić information content (AvgIpc) is 3.11. The summed E-state index contributed by atoms with van der Waals surface area (Å²) < 4.78 is 6.81. The summed E-state index contributed by atoms with van der Waals surface area (Å²) in [5.41, 5.74) is 3.33. The van der Waals surface area contributed by atoms with Gasteiger partial charge in [-0.25, -0.2) is 9.48 Å². The van der Waals surface area contributed by atoms with Gasteiger partial charge in [-0.1, -0.05) is 54.1 Å². The molecule has 0 saturated heterocycles. The first-order valence-corrected chi connectivity index (χ1v) is 8.31. The van der Waals surface area contributed by atoms with E-state index in [0.29, 0.717) is 17.3 Å². The second-order valence-electron chi connectivity index (χ2n) is 5.28. The quantitative estimate of drug-likeness (QED) is 0.495. The van der Waals surface area contributed by atoms with Crippen molar-refractivity contribution in [2.45, 2.75) is 6.92 Å². The molecule has 0 saturated carbocycles. The van der Waals surface area contributed by atoms with Crippen molar-refractivity contribution >= 4 is 23.3 Å². The van der Waals surface area contributed by atoms with Crippen LogP contribution in [0.25, 0.3) is 17.0 Å². The van der Waals surface area contributed by atoms with Crippen molar-refractivity contribution in [3.63, 3.8) is 0 Å². The number of hydrogen-bond donors (Lipinski definition) is 0. The van der Waals surface area contributed by atoms with Crippen LogP contribution in [0.5, 0.6) is 0 Å². The molecule has 126 valence electrons. The number of nitrogens with zero attached hydrogens (tertiary/aromatic N) is 2. The summed E-state index contributed by atoms with van der Waals surface area (Å²) in [6.07, 6.45) is 3.16. The van der Waals surface area contributed by atoms with Crippen molar-refractivity contribution in [1.29, 1.82) is 0 Å². The summed E-state index contributed by atoms with van der Waals surface area (Å²) in [6.45, 7) is 2.10. The van der Waals surface area contributed by atoms with Crippen LogP contribution >= 0.6 is 11.6 Å². The Hall–Kier alpha value is -2.85. The largest absolute Gasteiger partial charge is 0.463 e. The Bertz CT molecular complexity index is 884. The van der Waals surface area contributed by atoms with Crippen molar-refractivity contribution in [3.8, 4) is 11.3 Å². The molecule has 0 amide bonds. The Morgan fingerprint density at radius 3 is 2.52 bits per heavy atom. The molecule has 0 aliphatic heterocycles. The topological polar surface area (TPSA) is 44.1 Å². The number of esters is 1. The molecule has 2 aromatic carbocycles. The predicted molar refractivity (Wildman–Crippen MR) is 99.1 cm³/mol. The van der Waals surface area contributed by atoms with Gasteiger partial charge in [-0.05, 0) is 25.1 Å². The van der Waals surface area contributed by atoms with Gasteiger partial charge in [-0.2, -0.15) is 5.10 Å². The van der Waals surface area contributed by atoms with E-state index in [0.717, 1.165) is 16.8 Å². The Kier molecular flexibility index (Phi) is 5.31. The van der Waals surface area contributed by atoms with Crippen LogP contribution in [0.1, 0.15) is 12.5 Å². The van der Waals surface area contributed by atoms with E-state index in [2.05, 4.69) is 5.10 Å². The highest BCUT2D eigenvalue weighted by Gasteiger charge is 2.13. The molecule has 0 aliphatic carbocycles. The molecule has 4 nitrogen and oxygen atoms in total. The van der Waals surface area contributed by atoms with Gasteiger partial charge in [0.1, 0.15) is 0 Å². The smallest absolute Gasteiger partial charge is 0.332 e. The van der Waals surface area contributed by atoms with Crippen LogP contribution < -0.4 is 0 Å². The number of hydrogen-bond acceptors (Lipinski definition) is 3. The van der Waals surface area contributed by atoms with Crippen LogP contribution in [0.4, 0.5) is 0 Å². The molecule has 0 aliphatic rings. The van der Waals surface area contributed by atoms with Gasteiger partial charge in [0.25, 0.3) is 0 Å². The summed E-state index contributed by atoms with van der Waals surface area (Å²) in [5.74, 6) is -0.404. The third kappa shape index (κ3) is 3.98. The molecule has 25 heavy (non-hydrogen) atoms. The first kappa shape index (κ1) is 17.0. The minimum absolute atomic E-state index is 0.320. The lowest BCUT2D eigenvalue weighted by molar-refractivity contribution is -0.137. The molecule has 0 atom stereocenters. The zero-order valence-corrected chi connectivity index (χ0v) is 14.5. The fraction of sp³-hybridized carbons (Fsp3) is 0.100. The van der Waals surface area contributed by atoms with Gasteiger partial charge in [-0.3, -0.25) is 0 Å². The number of carbonyl (C=O) groups excluding carboxylic acids is 1. The van der Waals surface area contributed by atoms with Gasteiger partial charge in [0.2, 0.25) is 0 Å². The third-order valence-corrected chi connectivity index (χ3v) is 3.87. The number of ether oxygens (including phenoxy) is 1. The molecule has 0 unspecified atom stereocenters. The van der Waals surface area contributed by atoms with E-state index in [1.165, 1.54) is 6.08 Å². The molecular formula is C20H17ClN2O2. The molecule has 3 aromatic rings. The third-order valence-electron chi connectivity index (χ3n) is 3.62. The molecule has 0 radical (unpaired) electrons. The molecular weight excluding hydrogens is 336 g/mol. The SMILES string of the molecule is CCOC(=O)C=C(c1ccccc1)n1nccc1-c1ccc(Cl)cc1. The summed E-state index contributed by atoms with van der Waals surface area (Å²) in [4.78, 5) is 12.1. The summed E-state index contributed by atoms with van der Waals surface area (Å²) >= 11 is 5.98. The van der Waals surface area contributed by atoms with Crippen molar-refractivity contribution in [1.82, 2.24) is 9.78 Å². The molecule has 1 heterocycles. The van der Waals surface area contributed by atoms with Crippen molar-refractivity contribution in [2.75, 3.05) is 6.61 Å². The zero-order chi connectivity index (χ0) is 17.6. The Morgan fingerprint density at radius 1 is 1.12 bits per heavy atom. The van der Waals surface area contributed by atoms with Crippen LogP contribution in [-0.4, -0.2) is 22.4 Å². The maximum atomic E-state index is 12.1. The van der Waals surface area contributed by atoms with Gasteiger partial charge in [0, 0.05) is 22.2 Å². The summed E-state index contributed by atoms with van der Waals surface area (Å²) in [6, 6.07) is 19.0. The lowest BCUT2D eigenvalue weighted by atomic mass is 10.1. The van der Waals surface area contributed by atoms with Gasteiger partial charge in [-0.15, -0.1) is 0 Å². The van der Waals surface area contributed by atoms with Gasteiger partial charge in [0.05, 0.1) is 24.2 Å². The molecule has 0 spiro atoms. The fourth-order valence-electron chi connectivity index (χ4n) is 2.51. The zero-order valence-electron chi connectivity index (χ0n) is 13.7. The van der Waals surface area contributed by atoms with E-state index in [4.69, 9.17) is 16.3 Å². The van der Waals surface area contributed by atoms with E-state index >= 15 is 0 Å². The van der Waals surface area contributed by atoms with Gasteiger partial charge >= 0.3 is 5.97 Å². The number of benzene rings is 2. The molecule has 0 fully saturated rings. The number of halogens is 1. The summed E-state index contributed by atoms with van der Waals surface area (Å²) in [5, 5.41) is 5.08. The van der Waals surface area contributed by atoms with Crippen LogP contribution in [0, 0.1) is 0 Å². The average molecular weight is 353 g/mol. The van der Waals surface area contributed by atoms with Crippen LogP contribution in [-0.2, 0) is 9.53 Å². The van der Waals surface area contributed by atoms with Gasteiger partial charge in [0.15, 0.2) is 0 Å².